The average molecular weight is 306 g/mol. The quantitative estimate of drug-likeness (QED) is 0.803. The number of rotatable bonds is 4. The number of hydrogen-bond donors (Lipinski definition) is 1. The summed E-state index contributed by atoms with van der Waals surface area (Å²) in [5.74, 6) is -0.553. The molecule has 1 heterocycles. The minimum atomic E-state index is -1.44. The lowest BCUT2D eigenvalue weighted by Gasteiger charge is -2.32. The van der Waals surface area contributed by atoms with Crippen LogP contribution < -0.4 is 0 Å². The van der Waals surface area contributed by atoms with Gasteiger partial charge in [0.1, 0.15) is 0 Å². The number of esters is 1. The average Bonchev–Trinajstić information content (AvgIpc) is 2.23. The van der Waals surface area contributed by atoms with E-state index < -0.39 is 11.6 Å². The molecule has 0 amide bonds. The van der Waals surface area contributed by atoms with Crippen molar-refractivity contribution in [2.75, 3.05) is 26.2 Å². The molecule has 0 aromatic heterocycles. The van der Waals surface area contributed by atoms with Gasteiger partial charge in [0.15, 0.2) is 5.60 Å². The molecule has 17 heavy (non-hydrogen) atoms. The zero-order valence-corrected chi connectivity index (χ0v) is 12.2. The molecule has 0 saturated carbocycles. The Hall–Kier alpha value is -0.390. The Labute approximate surface area is 111 Å². The molecule has 1 atom stereocenters. The molecule has 0 aromatic carbocycles. The van der Waals surface area contributed by atoms with Gasteiger partial charge in [0, 0.05) is 24.1 Å². The van der Waals surface area contributed by atoms with Crippen molar-refractivity contribution in [1.29, 1.82) is 0 Å². The van der Waals surface area contributed by atoms with Crippen molar-refractivity contribution in [2.45, 2.75) is 32.8 Å². The van der Waals surface area contributed by atoms with E-state index in [2.05, 4.69) is 22.9 Å². The van der Waals surface area contributed by atoms with Crippen LogP contribution in [0.5, 0.6) is 0 Å². The number of halogens is 1. The van der Waals surface area contributed by atoms with E-state index >= 15 is 0 Å². The van der Waals surface area contributed by atoms with Gasteiger partial charge in [-0.05, 0) is 27.2 Å². The zero-order valence-electron chi connectivity index (χ0n) is 10.6. The van der Waals surface area contributed by atoms with Crippen LogP contribution in [0.1, 0.15) is 27.2 Å². The number of carbonyl (C=O) groups excluding carboxylic acids is 1. The third-order valence-electron chi connectivity index (χ3n) is 2.88. The van der Waals surface area contributed by atoms with Gasteiger partial charge in [-0.3, -0.25) is 4.90 Å². The largest absolute Gasteiger partial charge is 0.464 e. The van der Waals surface area contributed by atoms with Crippen molar-refractivity contribution in [3.05, 3.63) is 10.1 Å². The lowest BCUT2D eigenvalue weighted by atomic mass is 10.0. The number of β-amino-alcohol motifs (C(OH)–C–C–N with tert-alkyl or cyclic N) is 1. The molecule has 0 saturated heterocycles. The fourth-order valence-corrected chi connectivity index (χ4v) is 2.35. The normalized spacial score (nSPS) is 21.2. The SMILES string of the molecule is CCOC(=O)[C@](C)(O)CN1CCC(C)=C(Br)C1. The molecule has 98 valence electrons. The zero-order chi connectivity index (χ0) is 13.1. The molecule has 0 unspecified atom stereocenters. The summed E-state index contributed by atoms with van der Waals surface area (Å²) in [6.45, 7) is 7.51. The van der Waals surface area contributed by atoms with Crippen LogP contribution in [0.15, 0.2) is 10.1 Å². The van der Waals surface area contributed by atoms with Crippen molar-refractivity contribution in [1.82, 2.24) is 4.90 Å². The standard InChI is InChI=1S/C12H20BrNO3/c1-4-17-11(15)12(3,16)8-14-6-5-9(2)10(13)7-14/h16H,4-8H2,1-3H3/t12-/m1/s1. The Kier molecular flexibility index (Phi) is 5.16. The topological polar surface area (TPSA) is 49.8 Å². The maximum atomic E-state index is 11.6. The molecule has 1 N–H and O–H groups in total. The highest BCUT2D eigenvalue weighted by atomic mass is 79.9. The van der Waals surface area contributed by atoms with Crippen LogP contribution in [0, 0.1) is 0 Å². The Morgan fingerprint density at radius 3 is 2.82 bits per heavy atom. The van der Waals surface area contributed by atoms with Gasteiger partial charge in [-0.25, -0.2) is 4.79 Å². The van der Waals surface area contributed by atoms with Gasteiger partial charge in [0.25, 0.3) is 0 Å². The lowest BCUT2D eigenvalue weighted by molar-refractivity contribution is -0.164. The van der Waals surface area contributed by atoms with Crippen LogP contribution in [-0.2, 0) is 9.53 Å². The maximum absolute atomic E-state index is 11.6. The van der Waals surface area contributed by atoms with Gasteiger partial charge < -0.3 is 9.84 Å². The highest BCUT2D eigenvalue weighted by Gasteiger charge is 2.34. The summed E-state index contributed by atoms with van der Waals surface area (Å²) in [6.07, 6.45) is 0.958. The summed E-state index contributed by atoms with van der Waals surface area (Å²) in [7, 11) is 0. The molecular weight excluding hydrogens is 286 g/mol. The molecule has 0 spiro atoms. The van der Waals surface area contributed by atoms with E-state index in [0.717, 1.165) is 24.0 Å². The van der Waals surface area contributed by atoms with Gasteiger partial charge in [0.2, 0.25) is 0 Å². The van der Waals surface area contributed by atoms with Crippen molar-refractivity contribution in [3.8, 4) is 0 Å². The predicted molar refractivity (Wildman–Crippen MR) is 69.9 cm³/mol. The van der Waals surface area contributed by atoms with Crippen molar-refractivity contribution >= 4 is 21.9 Å². The van der Waals surface area contributed by atoms with Crippen LogP contribution in [0.25, 0.3) is 0 Å². The highest BCUT2D eigenvalue weighted by Crippen LogP contribution is 2.23. The van der Waals surface area contributed by atoms with Crippen molar-refractivity contribution < 1.29 is 14.6 Å². The Balaban J connectivity index is 2.57. The third kappa shape index (κ3) is 4.08. The summed E-state index contributed by atoms with van der Waals surface area (Å²) in [5.41, 5.74) is -0.105. The Morgan fingerprint density at radius 2 is 2.29 bits per heavy atom. The second kappa shape index (κ2) is 5.98. The number of carbonyl (C=O) groups is 1. The Morgan fingerprint density at radius 1 is 1.65 bits per heavy atom. The Bertz CT molecular complexity index is 326. The van der Waals surface area contributed by atoms with Crippen LogP contribution >= 0.6 is 15.9 Å². The molecule has 5 heteroatoms. The number of hydrogen-bond acceptors (Lipinski definition) is 4. The number of aliphatic hydroxyl groups is 1. The first-order valence-corrected chi connectivity index (χ1v) is 6.62. The lowest BCUT2D eigenvalue weighted by Crippen LogP contribution is -2.49. The van der Waals surface area contributed by atoms with E-state index in [9.17, 15) is 9.90 Å². The summed E-state index contributed by atoms with van der Waals surface area (Å²) >= 11 is 3.51. The van der Waals surface area contributed by atoms with E-state index in [1.165, 1.54) is 12.5 Å². The van der Waals surface area contributed by atoms with Gasteiger partial charge >= 0.3 is 5.97 Å². The molecule has 4 nitrogen and oxygen atoms in total. The first-order valence-electron chi connectivity index (χ1n) is 5.83. The number of ether oxygens (including phenoxy) is 1. The fraction of sp³-hybridized carbons (Fsp3) is 0.750. The second-order valence-electron chi connectivity index (χ2n) is 4.64. The monoisotopic (exact) mass is 305 g/mol. The van der Waals surface area contributed by atoms with E-state index in [1.807, 2.05) is 4.90 Å². The molecule has 1 aliphatic heterocycles. The molecule has 0 fully saturated rings. The highest BCUT2D eigenvalue weighted by molar-refractivity contribution is 9.11. The molecule has 1 rings (SSSR count). The summed E-state index contributed by atoms with van der Waals surface area (Å²) in [4.78, 5) is 13.6. The van der Waals surface area contributed by atoms with E-state index in [1.54, 1.807) is 6.92 Å². The molecule has 1 aliphatic rings. The van der Waals surface area contributed by atoms with E-state index in [4.69, 9.17) is 4.74 Å². The third-order valence-corrected chi connectivity index (χ3v) is 3.80. The minimum Gasteiger partial charge on any atom is -0.464 e. The number of nitrogens with zero attached hydrogens (tertiary/aromatic N) is 1. The minimum absolute atomic E-state index is 0.289. The van der Waals surface area contributed by atoms with Crippen LogP contribution in [0.2, 0.25) is 0 Å². The fourth-order valence-electron chi connectivity index (χ4n) is 1.79. The summed E-state index contributed by atoms with van der Waals surface area (Å²) in [5, 5.41) is 10.1. The molecular formula is C12H20BrNO3. The van der Waals surface area contributed by atoms with Crippen LogP contribution in [0.4, 0.5) is 0 Å². The van der Waals surface area contributed by atoms with Gasteiger partial charge in [-0.15, -0.1) is 0 Å². The van der Waals surface area contributed by atoms with Crippen molar-refractivity contribution in [2.24, 2.45) is 0 Å². The van der Waals surface area contributed by atoms with E-state index in [-0.39, 0.29) is 6.61 Å². The second-order valence-corrected chi connectivity index (χ2v) is 5.60. The smallest absolute Gasteiger partial charge is 0.339 e. The molecule has 0 bridgehead atoms. The van der Waals surface area contributed by atoms with Gasteiger partial charge in [-0.1, -0.05) is 21.5 Å². The summed E-state index contributed by atoms with van der Waals surface area (Å²) in [6, 6.07) is 0. The molecule has 0 aromatic rings. The van der Waals surface area contributed by atoms with Gasteiger partial charge in [0.05, 0.1) is 6.61 Å². The van der Waals surface area contributed by atoms with Crippen LogP contribution in [0.3, 0.4) is 0 Å². The first-order chi connectivity index (χ1) is 7.86. The van der Waals surface area contributed by atoms with Crippen LogP contribution in [-0.4, -0.2) is 47.8 Å². The molecule has 0 radical (unpaired) electrons. The summed E-state index contributed by atoms with van der Waals surface area (Å²) < 4.78 is 6.00. The maximum Gasteiger partial charge on any atom is 0.339 e. The first kappa shape index (κ1) is 14.7. The van der Waals surface area contributed by atoms with E-state index in [0.29, 0.717) is 6.54 Å². The van der Waals surface area contributed by atoms with Gasteiger partial charge in [-0.2, -0.15) is 0 Å². The van der Waals surface area contributed by atoms with Crippen molar-refractivity contribution in [3.63, 3.8) is 0 Å². The molecule has 0 aliphatic carbocycles. The predicted octanol–water partition coefficient (Wildman–Crippen LogP) is 1.68.